The summed E-state index contributed by atoms with van der Waals surface area (Å²) in [4.78, 5) is 18.6. The monoisotopic (exact) mass is 476 g/mol. The number of carbonyl (C=O) groups is 1. The number of likely N-dealkylation sites (tertiary alicyclic amines) is 1. The van der Waals surface area contributed by atoms with Crippen molar-refractivity contribution in [3.8, 4) is 17.0 Å². The van der Waals surface area contributed by atoms with Gasteiger partial charge in [-0.1, -0.05) is 0 Å². The quantitative estimate of drug-likeness (QED) is 0.567. The van der Waals surface area contributed by atoms with Gasteiger partial charge in [0.1, 0.15) is 5.75 Å². The van der Waals surface area contributed by atoms with Crippen molar-refractivity contribution in [2.45, 2.75) is 64.9 Å². The molecule has 0 radical (unpaired) electrons. The smallest absolute Gasteiger partial charge is 0.416 e. The van der Waals surface area contributed by atoms with E-state index in [4.69, 9.17) is 0 Å². The van der Waals surface area contributed by atoms with E-state index in [1.165, 1.54) is 6.92 Å². The van der Waals surface area contributed by atoms with Crippen LogP contribution in [0, 0.1) is 6.92 Å². The molecular weight excluding hydrogens is 449 g/mol. The fourth-order valence-electron chi connectivity index (χ4n) is 4.66. The molecule has 1 fully saturated rings. The Balaban J connectivity index is 1.80. The van der Waals surface area contributed by atoms with Crippen LogP contribution in [0.4, 0.5) is 13.2 Å². The molecule has 10 heteroatoms. The van der Waals surface area contributed by atoms with Crippen LogP contribution in [0.5, 0.6) is 5.75 Å². The molecule has 2 atom stereocenters. The molecule has 1 amide bonds. The number of amides is 1. The molecule has 1 aliphatic rings. The van der Waals surface area contributed by atoms with Gasteiger partial charge in [0.15, 0.2) is 5.65 Å². The number of aliphatic hydroxyl groups is 1. The van der Waals surface area contributed by atoms with Crippen LogP contribution < -0.4 is 0 Å². The van der Waals surface area contributed by atoms with Crippen molar-refractivity contribution in [1.82, 2.24) is 19.7 Å². The topological polar surface area (TPSA) is 91.5 Å². The number of aryl methyl sites for hydroxylation is 1. The molecule has 7 nitrogen and oxygen atoms in total. The van der Waals surface area contributed by atoms with Crippen molar-refractivity contribution in [2.75, 3.05) is 6.54 Å². The van der Waals surface area contributed by atoms with Gasteiger partial charge in [-0.2, -0.15) is 18.3 Å². The highest BCUT2D eigenvalue weighted by atomic mass is 19.4. The molecular formula is C24H27F3N4O3. The van der Waals surface area contributed by atoms with E-state index in [9.17, 15) is 28.2 Å². The van der Waals surface area contributed by atoms with Crippen LogP contribution in [0.25, 0.3) is 22.3 Å². The van der Waals surface area contributed by atoms with Gasteiger partial charge in [-0.15, -0.1) is 0 Å². The molecule has 2 aromatic heterocycles. The number of pyridine rings is 1. The van der Waals surface area contributed by atoms with Crippen LogP contribution in [0.3, 0.4) is 0 Å². The van der Waals surface area contributed by atoms with Crippen molar-refractivity contribution in [3.63, 3.8) is 0 Å². The summed E-state index contributed by atoms with van der Waals surface area (Å²) < 4.78 is 41.0. The summed E-state index contributed by atoms with van der Waals surface area (Å²) in [7, 11) is 0. The Morgan fingerprint density at radius 1 is 1.18 bits per heavy atom. The Morgan fingerprint density at radius 2 is 1.88 bits per heavy atom. The molecule has 1 aromatic carbocycles. The van der Waals surface area contributed by atoms with Gasteiger partial charge < -0.3 is 15.1 Å². The first-order valence-corrected chi connectivity index (χ1v) is 11.2. The number of aliphatic hydroxyl groups excluding tert-OH is 1. The Kier molecular flexibility index (Phi) is 6.05. The number of hydrogen-bond acceptors (Lipinski definition) is 5. The molecule has 0 bridgehead atoms. The second-order valence-corrected chi connectivity index (χ2v) is 9.09. The Labute approximate surface area is 194 Å². The molecule has 4 rings (SSSR count). The Morgan fingerprint density at radius 3 is 2.47 bits per heavy atom. The summed E-state index contributed by atoms with van der Waals surface area (Å²) in [5.41, 5.74) is 0.630. The lowest BCUT2D eigenvalue weighted by molar-refractivity contribution is -0.138. The minimum Gasteiger partial charge on any atom is -0.507 e. The number of hydrogen-bond donors (Lipinski definition) is 2. The van der Waals surface area contributed by atoms with Gasteiger partial charge in [0, 0.05) is 30.0 Å². The second-order valence-electron chi connectivity index (χ2n) is 9.09. The highest BCUT2D eigenvalue weighted by molar-refractivity contribution is 5.83. The minimum atomic E-state index is -4.58. The Hall–Kier alpha value is -3.14. The number of alkyl halides is 3. The highest BCUT2D eigenvalue weighted by Crippen LogP contribution is 2.39. The van der Waals surface area contributed by atoms with Crippen LogP contribution in [0.15, 0.2) is 24.3 Å². The molecule has 182 valence electrons. The van der Waals surface area contributed by atoms with E-state index in [1.54, 1.807) is 28.6 Å². The zero-order chi connectivity index (χ0) is 24.9. The second kappa shape index (κ2) is 8.57. The number of rotatable bonds is 4. The molecule has 0 unspecified atom stereocenters. The van der Waals surface area contributed by atoms with E-state index < -0.39 is 23.6 Å². The molecule has 1 saturated heterocycles. The SMILES string of the molecule is Cc1cc(C(F)(F)F)cc(O)c1-c1ccc2c([C@H](C)O)n([C@H]3CCC(=O)N(C(C)C)C3)nc2n1. The number of carbonyl (C=O) groups excluding carboxylic acids is 1. The molecule has 0 saturated carbocycles. The summed E-state index contributed by atoms with van der Waals surface area (Å²) >= 11 is 0. The normalized spacial score (nSPS) is 18.2. The van der Waals surface area contributed by atoms with Crippen molar-refractivity contribution >= 4 is 16.9 Å². The number of nitrogens with zero attached hydrogens (tertiary/aromatic N) is 4. The van der Waals surface area contributed by atoms with Crippen LogP contribution in [0.2, 0.25) is 0 Å². The third-order valence-electron chi connectivity index (χ3n) is 6.28. The number of aromatic nitrogens is 3. The predicted octanol–water partition coefficient (Wildman–Crippen LogP) is 4.76. The maximum absolute atomic E-state index is 13.1. The summed E-state index contributed by atoms with van der Waals surface area (Å²) in [5, 5.41) is 26.1. The molecule has 1 aliphatic heterocycles. The molecule has 3 heterocycles. The molecule has 0 aliphatic carbocycles. The van der Waals surface area contributed by atoms with E-state index in [0.29, 0.717) is 42.2 Å². The van der Waals surface area contributed by atoms with E-state index >= 15 is 0 Å². The number of phenols is 1. The van der Waals surface area contributed by atoms with E-state index in [2.05, 4.69) is 10.1 Å². The number of aromatic hydroxyl groups is 1. The molecule has 2 N–H and O–H groups in total. The van der Waals surface area contributed by atoms with Gasteiger partial charge >= 0.3 is 6.18 Å². The lowest BCUT2D eigenvalue weighted by Crippen LogP contribution is -2.45. The number of piperidine rings is 1. The third kappa shape index (κ3) is 4.22. The lowest BCUT2D eigenvalue weighted by Gasteiger charge is -2.36. The average molecular weight is 476 g/mol. The maximum Gasteiger partial charge on any atom is 0.416 e. The average Bonchev–Trinajstić information content (AvgIpc) is 3.11. The van der Waals surface area contributed by atoms with Crippen LogP contribution in [0.1, 0.15) is 62.6 Å². The van der Waals surface area contributed by atoms with Gasteiger partial charge in [-0.05, 0) is 63.9 Å². The zero-order valence-electron chi connectivity index (χ0n) is 19.4. The lowest BCUT2D eigenvalue weighted by atomic mass is 9.99. The first-order chi connectivity index (χ1) is 15.9. The highest BCUT2D eigenvalue weighted by Gasteiger charge is 2.33. The number of benzene rings is 1. The third-order valence-corrected chi connectivity index (χ3v) is 6.28. The first-order valence-electron chi connectivity index (χ1n) is 11.2. The number of fused-ring (bicyclic) bond motifs is 1. The molecule has 34 heavy (non-hydrogen) atoms. The summed E-state index contributed by atoms with van der Waals surface area (Å²) in [6, 6.07) is 4.84. The molecule has 3 aromatic rings. The standard InChI is InChI=1S/C24H27F3N4O3/c1-12(2)30-11-16(5-8-20(30)34)31-22(14(4)32)17-6-7-18(28-23(17)29-31)21-13(3)9-15(10-19(21)33)24(25,26)27/h6-7,9-10,12,14,16,32-33H,5,8,11H2,1-4H3/t14-,16-/m0/s1. The van der Waals surface area contributed by atoms with E-state index in [-0.39, 0.29) is 34.8 Å². The van der Waals surface area contributed by atoms with Crippen LogP contribution >= 0.6 is 0 Å². The largest absolute Gasteiger partial charge is 0.507 e. The Bertz CT molecular complexity index is 1230. The van der Waals surface area contributed by atoms with Crippen LogP contribution in [-0.2, 0) is 11.0 Å². The number of halogens is 3. The van der Waals surface area contributed by atoms with Gasteiger partial charge in [0.25, 0.3) is 0 Å². The predicted molar refractivity (Wildman–Crippen MR) is 120 cm³/mol. The zero-order valence-corrected chi connectivity index (χ0v) is 19.4. The van der Waals surface area contributed by atoms with E-state index in [1.807, 2.05) is 13.8 Å². The molecule has 0 spiro atoms. The first kappa shape index (κ1) is 24.0. The van der Waals surface area contributed by atoms with Gasteiger partial charge in [-0.3, -0.25) is 9.48 Å². The van der Waals surface area contributed by atoms with E-state index in [0.717, 1.165) is 6.07 Å². The maximum atomic E-state index is 13.1. The van der Waals surface area contributed by atoms with Crippen molar-refractivity contribution in [2.24, 2.45) is 0 Å². The van der Waals surface area contributed by atoms with Gasteiger partial charge in [0.2, 0.25) is 5.91 Å². The van der Waals surface area contributed by atoms with Crippen molar-refractivity contribution in [3.05, 3.63) is 41.1 Å². The summed E-state index contributed by atoms with van der Waals surface area (Å²) in [6.07, 6.45) is -4.49. The number of phenolic OH excluding ortho intramolecular Hbond substituents is 1. The fraction of sp³-hybridized carbons (Fsp3) is 0.458. The fourth-order valence-corrected chi connectivity index (χ4v) is 4.66. The van der Waals surface area contributed by atoms with Crippen LogP contribution in [-0.4, -0.2) is 48.4 Å². The van der Waals surface area contributed by atoms with Crippen molar-refractivity contribution in [1.29, 1.82) is 0 Å². The van der Waals surface area contributed by atoms with Gasteiger partial charge in [-0.25, -0.2) is 4.98 Å². The van der Waals surface area contributed by atoms with Crippen molar-refractivity contribution < 1.29 is 28.2 Å². The summed E-state index contributed by atoms with van der Waals surface area (Å²) in [5.74, 6) is -0.442. The van der Waals surface area contributed by atoms with Gasteiger partial charge in [0.05, 0.1) is 29.1 Å². The minimum absolute atomic E-state index is 0.0330. The summed E-state index contributed by atoms with van der Waals surface area (Å²) in [6.45, 7) is 7.45.